The topological polar surface area (TPSA) is 97.1 Å². The van der Waals surface area contributed by atoms with Crippen LogP contribution in [-0.4, -0.2) is 38.3 Å². The van der Waals surface area contributed by atoms with Gasteiger partial charge in [-0.05, 0) is 54.1 Å². The first-order valence-electron chi connectivity index (χ1n) is 11.2. The number of alkyl halides is 3. The molecule has 0 bridgehead atoms. The Bertz CT molecular complexity index is 1450. The van der Waals surface area contributed by atoms with Crippen LogP contribution < -0.4 is 5.32 Å². The van der Waals surface area contributed by atoms with Crippen LogP contribution >= 0.6 is 23.2 Å². The van der Waals surface area contributed by atoms with Crippen molar-refractivity contribution < 1.29 is 27.9 Å². The van der Waals surface area contributed by atoms with E-state index in [0.717, 1.165) is 17.8 Å². The van der Waals surface area contributed by atoms with Crippen molar-refractivity contribution in [3.8, 4) is 22.5 Å². The number of carbonyl (C=O) groups is 2. The maximum Gasteiger partial charge on any atom is 0.433 e. The molecule has 12 heteroatoms. The number of hydrogen-bond acceptors (Lipinski definition) is 4. The van der Waals surface area contributed by atoms with Gasteiger partial charge in [0.1, 0.15) is 5.69 Å². The predicted molar refractivity (Wildman–Crippen MR) is 136 cm³/mol. The molecule has 0 unspecified atom stereocenters. The van der Waals surface area contributed by atoms with Crippen molar-refractivity contribution in [2.45, 2.75) is 19.1 Å². The lowest BCUT2D eigenvalue weighted by Gasteiger charge is -2.10. The van der Waals surface area contributed by atoms with Gasteiger partial charge >= 0.3 is 12.1 Å². The largest absolute Gasteiger partial charge is 0.481 e. The molecule has 0 aliphatic rings. The number of nitrogens with zero attached hydrogens (tertiary/aromatic N) is 3. The average molecular weight is 563 g/mol. The Hall–Kier alpha value is -3.89. The summed E-state index contributed by atoms with van der Waals surface area (Å²) in [6, 6.07) is 15.4. The van der Waals surface area contributed by atoms with Gasteiger partial charge in [0, 0.05) is 39.5 Å². The summed E-state index contributed by atoms with van der Waals surface area (Å²) in [6.45, 7) is 0.232. The number of aromatic nitrogens is 3. The van der Waals surface area contributed by atoms with E-state index in [1.54, 1.807) is 53.2 Å². The van der Waals surface area contributed by atoms with Gasteiger partial charge in [-0.25, -0.2) is 0 Å². The molecule has 0 radical (unpaired) electrons. The molecule has 38 heavy (non-hydrogen) atoms. The fraction of sp³-hybridized carbons (Fsp3) is 0.154. The smallest absolute Gasteiger partial charge is 0.433 e. The molecule has 4 aromatic rings. The van der Waals surface area contributed by atoms with Crippen LogP contribution in [0.25, 0.3) is 22.5 Å². The second-order valence-corrected chi connectivity index (χ2v) is 9.13. The number of carboxylic acid groups (broad SMARTS) is 1. The van der Waals surface area contributed by atoms with Gasteiger partial charge in [-0.3, -0.25) is 19.3 Å². The Labute approximate surface area is 224 Å². The Morgan fingerprint density at radius 3 is 2.21 bits per heavy atom. The fourth-order valence-electron chi connectivity index (χ4n) is 3.65. The van der Waals surface area contributed by atoms with E-state index in [4.69, 9.17) is 28.3 Å². The quantitative estimate of drug-likeness (QED) is 0.267. The van der Waals surface area contributed by atoms with Crippen molar-refractivity contribution in [2.24, 2.45) is 0 Å². The Morgan fingerprint density at radius 2 is 1.63 bits per heavy atom. The number of carbonyl (C=O) groups excluding carboxylic acids is 1. The zero-order chi connectivity index (χ0) is 27.4. The second-order valence-electron chi connectivity index (χ2n) is 8.26. The van der Waals surface area contributed by atoms with E-state index in [2.05, 4.69) is 15.4 Å². The van der Waals surface area contributed by atoms with Crippen molar-refractivity contribution in [3.63, 3.8) is 0 Å². The van der Waals surface area contributed by atoms with Gasteiger partial charge in [-0.2, -0.15) is 18.3 Å². The van der Waals surface area contributed by atoms with E-state index in [1.165, 1.54) is 6.07 Å². The Balaban J connectivity index is 1.64. The van der Waals surface area contributed by atoms with Crippen LogP contribution in [-0.2, 0) is 17.5 Å². The molecule has 0 spiro atoms. The Morgan fingerprint density at radius 1 is 0.947 bits per heavy atom. The van der Waals surface area contributed by atoms with Gasteiger partial charge in [0.25, 0.3) is 5.91 Å². The monoisotopic (exact) mass is 562 g/mol. The first-order valence-corrected chi connectivity index (χ1v) is 11.9. The normalized spacial score (nSPS) is 11.4. The second kappa shape index (κ2) is 11.2. The number of benzene rings is 2. The minimum absolute atomic E-state index is 0.00399. The molecule has 0 aliphatic heterocycles. The van der Waals surface area contributed by atoms with Gasteiger partial charge in [0.2, 0.25) is 0 Å². The van der Waals surface area contributed by atoms with Crippen LogP contribution in [0.5, 0.6) is 0 Å². The number of amides is 1. The summed E-state index contributed by atoms with van der Waals surface area (Å²) in [5, 5.41) is 16.7. The number of halogens is 5. The highest BCUT2D eigenvalue weighted by Gasteiger charge is 2.32. The zero-order valence-corrected chi connectivity index (χ0v) is 21.0. The van der Waals surface area contributed by atoms with Crippen LogP contribution in [0.4, 0.5) is 13.2 Å². The molecule has 7 nitrogen and oxygen atoms in total. The molecule has 2 heterocycles. The summed E-state index contributed by atoms with van der Waals surface area (Å²) in [5.41, 5.74) is 2.14. The first kappa shape index (κ1) is 27.2. The van der Waals surface area contributed by atoms with Gasteiger partial charge < -0.3 is 10.4 Å². The minimum atomic E-state index is -4.57. The van der Waals surface area contributed by atoms with Crippen LogP contribution in [0.3, 0.4) is 0 Å². The highest BCUT2D eigenvalue weighted by Crippen LogP contribution is 2.32. The molecule has 4 rings (SSSR count). The number of carboxylic acids is 1. The first-order chi connectivity index (χ1) is 18.0. The molecule has 0 saturated carbocycles. The fourth-order valence-corrected chi connectivity index (χ4v) is 4.17. The summed E-state index contributed by atoms with van der Waals surface area (Å²) in [7, 11) is 0. The van der Waals surface area contributed by atoms with Crippen LogP contribution in [0.15, 0.2) is 66.9 Å². The molecule has 0 atom stereocenters. The predicted octanol–water partition coefficient (Wildman–Crippen LogP) is 6.19. The molecular weight excluding hydrogens is 544 g/mol. The lowest BCUT2D eigenvalue weighted by molar-refractivity contribution is -0.141. The number of rotatable bonds is 8. The third-order valence-corrected chi connectivity index (χ3v) is 5.90. The van der Waals surface area contributed by atoms with Gasteiger partial charge in [-0.1, -0.05) is 35.3 Å². The third kappa shape index (κ3) is 6.70. The van der Waals surface area contributed by atoms with E-state index < -0.39 is 23.7 Å². The number of aliphatic carboxylic acids is 1. The molecule has 2 N–H and O–H groups in total. The molecular formula is C26H19Cl2F3N4O3. The van der Waals surface area contributed by atoms with E-state index in [-0.39, 0.29) is 19.5 Å². The highest BCUT2D eigenvalue weighted by molar-refractivity contribution is 6.35. The van der Waals surface area contributed by atoms with Crippen molar-refractivity contribution in [2.75, 3.05) is 6.54 Å². The van der Waals surface area contributed by atoms with E-state index in [9.17, 15) is 22.8 Å². The van der Waals surface area contributed by atoms with Crippen LogP contribution in [0.2, 0.25) is 10.0 Å². The van der Waals surface area contributed by atoms with Crippen molar-refractivity contribution in [3.05, 3.63) is 93.7 Å². The van der Waals surface area contributed by atoms with Crippen LogP contribution in [0, 0.1) is 0 Å². The number of pyridine rings is 1. The van der Waals surface area contributed by atoms with Gasteiger partial charge in [0.05, 0.1) is 24.4 Å². The summed E-state index contributed by atoms with van der Waals surface area (Å²) in [4.78, 5) is 26.4. The number of nitrogens with one attached hydrogen (secondary N) is 1. The third-order valence-electron chi connectivity index (χ3n) is 5.46. The summed E-state index contributed by atoms with van der Waals surface area (Å²) < 4.78 is 40.7. The Kier molecular flexibility index (Phi) is 8.03. The SMILES string of the molecule is O=C(O)CCNC(=O)c1ccc(Cn2nc(-c3cc(Cl)cc(Cl)c3)cc2-c2ccc(C(F)(F)F)nc2)cc1. The van der Waals surface area contributed by atoms with E-state index in [0.29, 0.717) is 38.1 Å². The van der Waals surface area contributed by atoms with Crippen LogP contribution in [0.1, 0.15) is 28.0 Å². The maximum atomic E-state index is 13.0. The average Bonchev–Trinajstić information content (AvgIpc) is 3.27. The highest BCUT2D eigenvalue weighted by atomic mass is 35.5. The minimum Gasteiger partial charge on any atom is -0.481 e. The van der Waals surface area contributed by atoms with Gasteiger partial charge in [0.15, 0.2) is 0 Å². The van der Waals surface area contributed by atoms with Crippen molar-refractivity contribution >= 4 is 35.1 Å². The van der Waals surface area contributed by atoms with Crippen molar-refractivity contribution in [1.29, 1.82) is 0 Å². The standard InChI is InChI=1S/C26H19Cl2F3N4O3/c27-19-9-18(10-20(28)11-19)21-12-22(17-5-6-23(33-13-17)26(29,30)31)35(34-21)14-15-1-3-16(4-2-15)25(38)32-8-7-24(36)37/h1-6,9-13H,7-8,14H2,(H,32,38)(H,36,37). The van der Waals surface area contributed by atoms with E-state index in [1.807, 2.05) is 0 Å². The maximum absolute atomic E-state index is 13.0. The molecule has 196 valence electrons. The van der Waals surface area contributed by atoms with E-state index >= 15 is 0 Å². The van der Waals surface area contributed by atoms with Crippen molar-refractivity contribution in [1.82, 2.24) is 20.1 Å². The molecule has 0 fully saturated rings. The summed E-state index contributed by atoms with van der Waals surface area (Å²) in [6.07, 6.45) is -3.62. The lowest BCUT2D eigenvalue weighted by Crippen LogP contribution is -2.25. The van der Waals surface area contributed by atoms with Gasteiger partial charge in [-0.15, -0.1) is 0 Å². The molecule has 2 aromatic heterocycles. The summed E-state index contributed by atoms with van der Waals surface area (Å²) >= 11 is 12.3. The molecule has 2 aromatic carbocycles. The molecule has 1 amide bonds. The lowest BCUT2D eigenvalue weighted by atomic mass is 10.1. The molecule has 0 saturated heterocycles. The zero-order valence-electron chi connectivity index (χ0n) is 19.5. The summed E-state index contributed by atoms with van der Waals surface area (Å²) in [5.74, 6) is -1.42. The molecule has 0 aliphatic carbocycles. The number of hydrogen-bond donors (Lipinski definition) is 2.